The lowest BCUT2D eigenvalue weighted by molar-refractivity contribution is 0.238. The Morgan fingerprint density at radius 3 is 1.30 bits per heavy atom. The van der Waals surface area contributed by atoms with E-state index in [0.29, 0.717) is 0 Å². The van der Waals surface area contributed by atoms with E-state index in [1.54, 1.807) is 0 Å². The van der Waals surface area contributed by atoms with Crippen LogP contribution < -0.4 is 0 Å². The summed E-state index contributed by atoms with van der Waals surface area (Å²) in [6, 6.07) is 0. The van der Waals surface area contributed by atoms with Crippen molar-refractivity contribution in [3.63, 3.8) is 0 Å². The summed E-state index contributed by atoms with van der Waals surface area (Å²) >= 11 is 0. The van der Waals surface area contributed by atoms with Crippen LogP contribution in [0.3, 0.4) is 0 Å². The molecule has 0 saturated carbocycles. The van der Waals surface area contributed by atoms with Crippen molar-refractivity contribution < 1.29 is 16.8 Å². The summed E-state index contributed by atoms with van der Waals surface area (Å²) in [5, 5.41) is 0. The molecule has 0 fully saturated rings. The van der Waals surface area contributed by atoms with Crippen LogP contribution in [0, 0.1) is 0 Å². The second-order valence-corrected chi connectivity index (χ2v) is 7.73. The van der Waals surface area contributed by atoms with Crippen LogP contribution in [0.25, 0.3) is 0 Å². The quantitative estimate of drug-likeness (QED) is 0.295. The standard InChI is InChI=1S/C18H38O4S/c1-3-4-5-6-7-8-9-10-11-12-13-14-15-16-17-18-22-23(19,20)21-2/h3-18H2,1-2H3. The van der Waals surface area contributed by atoms with Crippen molar-refractivity contribution in [1.29, 1.82) is 0 Å². The van der Waals surface area contributed by atoms with Crippen LogP contribution in [0.2, 0.25) is 0 Å². The first kappa shape index (κ1) is 22.9. The molecule has 4 nitrogen and oxygen atoms in total. The van der Waals surface area contributed by atoms with Crippen LogP contribution in [-0.2, 0) is 18.8 Å². The van der Waals surface area contributed by atoms with Gasteiger partial charge in [0.2, 0.25) is 0 Å². The molecular weight excluding hydrogens is 312 g/mol. The molecule has 0 unspecified atom stereocenters. The SMILES string of the molecule is CCCCCCCCCCCCCCCCCOS(=O)(=O)OC. The van der Waals surface area contributed by atoms with Crippen LogP contribution >= 0.6 is 0 Å². The van der Waals surface area contributed by atoms with Gasteiger partial charge >= 0.3 is 10.4 Å². The topological polar surface area (TPSA) is 52.6 Å². The van der Waals surface area contributed by atoms with Gasteiger partial charge < -0.3 is 0 Å². The predicted molar refractivity (Wildman–Crippen MR) is 96.8 cm³/mol. The zero-order chi connectivity index (χ0) is 17.2. The Kier molecular flexibility index (Phi) is 16.6. The lowest BCUT2D eigenvalue weighted by atomic mass is 10.0. The molecule has 0 aromatic carbocycles. The molecule has 0 N–H and O–H groups in total. The monoisotopic (exact) mass is 350 g/mol. The molecule has 140 valence electrons. The first-order valence-electron chi connectivity index (χ1n) is 9.57. The van der Waals surface area contributed by atoms with Crippen molar-refractivity contribution >= 4 is 10.4 Å². The van der Waals surface area contributed by atoms with E-state index in [2.05, 4.69) is 15.3 Å². The van der Waals surface area contributed by atoms with Crippen LogP contribution in [0.15, 0.2) is 0 Å². The van der Waals surface area contributed by atoms with Gasteiger partial charge in [-0.05, 0) is 6.42 Å². The molecule has 23 heavy (non-hydrogen) atoms. The average molecular weight is 351 g/mol. The van der Waals surface area contributed by atoms with Gasteiger partial charge in [-0.1, -0.05) is 96.8 Å². The third-order valence-electron chi connectivity index (χ3n) is 4.18. The summed E-state index contributed by atoms with van der Waals surface area (Å²) in [7, 11) is -2.63. The van der Waals surface area contributed by atoms with Crippen molar-refractivity contribution in [2.45, 2.75) is 103 Å². The van der Waals surface area contributed by atoms with Gasteiger partial charge in [-0.15, -0.1) is 0 Å². The van der Waals surface area contributed by atoms with E-state index < -0.39 is 10.4 Å². The molecule has 0 aliphatic heterocycles. The molecule has 0 aromatic heterocycles. The minimum atomic E-state index is -3.74. The number of hydrogen-bond donors (Lipinski definition) is 0. The summed E-state index contributed by atoms with van der Waals surface area (Å²) in [4.78, 5) is 0. The molecule has 0 spiro atoms. The maximum atomic E-state index is 10.9. The van der Waals surface area contributed by atoms with Crippen LogP contribution in [0.4, 0.5) is 0 Å². The van der Waals surface area contributed by atoms with E-state index in [0.717, 1.165) is 26.4 Å². The molecule has 0 saturated heterocycles. The lowest BCUT2D eigenvalue weighted by Crippen LogP contribution is -2.08. The van der Waals surface area contributed by atoms with E-state index in [-0.39, 0.29) is 6.61 Å². The highest BCUT2D eigenvalue weighted by molar-refractivity contribution is 7.81. The number of rotatable bonds is 18. The summed E-state index contributed by atoms with van der Waals surface area (Å²) < 4.78 is 30.7. The van der Waals surface area contributed by atoms with Crippen LogP contribution in [0.5, 0.6) is 0 Å². The number of unbranched alkanes of at least 4 members (excludes halogenated alkanes) is 14. The fourth-order valence-electron chi connectivity index (χ4n) is 2.68. The predicted octanol–water partition coefficient (Wildman–Crippen LogP) is 5.77. The maximum Gasteiger partial charge on any atom is 0.399 e. The highest BCUT2D eigenvalue weighted by Gasteiger charge is 2.07. The van der Waals surface area contributed by atoms with E-state index in [9.17, 15) is 8.42 Å². The Hall–Kier alpha value is -0.130. The normalized spacial score (nSPS) is 11.9. The molecule has 0 aromatic rings. The second kappa shape index (κ2) is 16.7. The minimum absolute atomic E-state index is 0.231. The van der Waals surface area contributed by atoms with Gasteiger partial charge in [0.1, 0.15) is 0 Å². The van der Waals surface area contributed by atoms with Crippen molar-refractivity contribution in [1.82, 2.24) is 0 Å². The van der Waals surface area contributed by atoms with Gasteiger partial charge in [0, 0.05) is 0 Å². The summed E-state index contributed by atoms with van der Waals surface area (Å²) in [6.45, 7) is 2.49. The van der Waals surface area contributed by atoms with Gasteiger partial charge in [0.25, 0.3) is 0 Å². The van der Waals surface area contributed by atoms with Gasteiger partial charge in [0.05, 0.1) is 13.7 Å². The fourth-order valence-corrected chi connectivity index (χ4v) is 3.10. The number of hydrogen-bond acceptors (Lipinski definition) is 4. The highest BCUT2D eigenvalue weighted by atomic mass is 32.3. The lowest BCUT2D eigenvalue weighted by Gasteiger charge is -2.04. The summed E-state index contributed by atoms with van der Waals surface area (Å²) in [5.74, 6) is 0. The van der Waals surface area contributed by atoms with Crippen molar-refractivity contribution in [2.24, 2.45) is 0 Å². The molecule has 0 aliphatic rings. The largest absolute Gasteiger partial charge is 0.399 e. The second-order valence-electron chi connectivity index (χ2n) is 6.35. The van der Waals surface area contributed by atoms with Gasteiger partial charge in [0.15, 0.2) is 0 Å². The summed E-state index contributed by atoms with van der Waals surface area (Å²) in [6.07, 6.45) is 19.4. The Morgan fingerprint density at radius 2 is 0.957 bits per heavy atom. The van der Waals surface area contributed by atoms with Crippen LogP contribution in [0.1, 0.15) is 103 Å². The smallest absolute Gasteiger partial charge is 0.252 e. The highest BCUT2D eigenvalue weighted by Crippen LogP contribution is 2.13. The molecule has 0 heterocycles. The minimum Gasteiger partial charge on any atom is -0.252 e. The summed E-state index contributed by atoms with van der Waals surface area (Å²) in [5.41, 5.74) is 0. The third kappa shape index (κ3) is 18.1. The van der Waals surface area contributed by atoms with Crippen molar-refractivity contribution in [3.05, 3.63) is 0 Å². The van der Waals surface area contributed by atoms with E-state index in [4.69, 9.17) is 0 Å². The van der Waals surface area contributed by atoms with E-state index >= 15 is 0 Å². The first-order valence-corrected chi connectivity index (χ1v) is 10.9. The van der Waals surface area contributed by atoms with Gasteiger partial charge in [-0.2, -0.15) is 8.42 Å². The first-order chi connectivity index (χ1) is 11.1. The van der Waals surface area contributed by atoms with Crippen molar-refractivity contribution in [3.8, 4) is 0 Å². The molecule has 0 rings (SSSR count). The maximum absolute atomic E-state index is 10.9. The zero-order valence-corrected chi connectivity index (χ0v) is 16.2. The molecule has 5 heteroatoms. The van der Waals surface area contributed by atoms with Gasteiger partial charge in [-0.25, -0.2) is 4.18 Å². The third-order valence-corrected chi connectivity index (χ3v) is 5.04. The fraction of sp³-hybridized carbons (Fsp3) is 1.00. The molecule has 0 aliphatic carbocycles. The zero-order valence-electron chi connectivity index (χ0n) is 15.4. The van der Waals surface area contributed by atoms with Crippen LogP contribution in [-0.4, -0.2) is 22.1 Å². The molecule has 0 amide bonds. The Bertz CT molecular complexity index is 328. The van der Waals surface area contributed by atoms with Crippen molar-refractivity contribution in [2.75, 3.05) is 13.7 Å². The van der Waals surface area contributed by atoms with E-state index in [1.165, 1.54) is 77.0 Å². The average Bonchev–Trinajstić information content (AvgIpc) is 2.54. The Balaban J connectivity index is 3.08. The molecule has 0 atom stereocenters. The van der Waals surface area contributed by atoms with E-state index in [1.807, 2.05) is 0 Å². The van der Waals surface area contributed by atoms with Gasteiger partial charge in [-0.3, -0.25) is 4.18 Å². The molecular formula is C18H38O4S. The molecule has 0 radical (unpaired) electrons. The Labute approximate surface area is 144 Å². The molecule has 0 bridgehead atoms. The Morgan fingerprint density at radius 1 is 0.609 bits per heavy atom.